The first kappa shape index (κ1) is 5.71. The maximum absolute atomic E-state index is 4.00. The molecule has 0 radical (unpaired) electrons. The molecule has 2 heteroatoms. The zero-order valence-electron chi connectivity index (χ0n) is 5.77. The van der Waals surface area contributed by atoms with E-state index in [9.17, 15) is 0 Å². The summed E-state index contributed by atoms with van der Waals surface area (Å²) in [5.41, 5.74) is 0. The van der Waals surface area contributed by atoms with E-state index >= 15 is 0 Å². The van der Waals surface area contributed by atoms with Crippen molar-refractivity contribution in [3.63, 3.8) is 0 Å². The summed E-state index contributed by atoms with van der Waals surface area (Å²) in [6.45, 7) is 0. The Labute approximate surface area is 60.6 Å². The highest BCUT2D eigenvalue weighted by Gasteiger charge is 2.25. The van der Waals surface area contributed by atoms with E-state index < -0.39 is 0 Å². The van der Waals surface area contributed by atoms with Gasteiger partial charge in [0.25, 0.3) is 0 Å². The van der Waals surface area contributed by atoms with E-state index in [1.54, 1.807) is 6.21 Å². The SMILES string of the molecule is C1=CN(C2CC2)C=CN=C1. The Morgan fingerprint density at radius 1 is 1.30 bits per heavy atom. The first-order valence-corrected chi connectivity index (χ1v) is 3.61. The Morgan fingerprint density at radius 3 is 3.00 bits per heavy atom. The topological polar surface area (TPSA) is 15.6 Å². The molecule has 0 unspecified atom stereocenters. The van der Waals surface area contributed by atoms with E-state index in [2.05, 4.69) is 16.1 Å². The average Bonchev–Trinajstić information content (AvgIpc) is 2.76. The summed E-state index contributed by atoms with van der Waals surface area (Å²) in [6, 6.07) is 0.759. The Hall–Kier alpha value is -1.05. The quantitative estimate of drug-likeness (QED) is 0.531. The van der Waals surface area contributed by atoms with Crippen LogP contribution in [0.5, 0.6) is 0 Å². The number of hydrogen-bond donors (Lipinski definition) is 0. The van der Waals surface area contributed by atoms with Gasteiger partial charge < -0.3 is 4.90 Å². The second-order valence-electron chi connectivity index (χ2n) is 2.62. The minimum Gasteiger partial charge on any atom is -0.350 e. The van der Waals surface area contributed by atoms with Crippen LogP contribution in [0, 0.1) is 0 Å². The number of allylic oxidation sites excluding steroid dienone is 1. The van der Waals surface area contributed by atoms with Crippen LogP contribution in [-0.2, 0) is 0 Å². The maximum atomic E-state index is 4.00. The van der Waals surface area contributed by atoms with Gasteiger partial charge in [-0.1, -0.05) is 0 Å². The Morgan fingerprint density at radius 2 is 2.20 bits per heavy atom. The molecule has 1 heterocycles. The van der Waals surface area contributed by atoms with Crippen LogP contribution in [-0.4, -0.2) is 17.2 Å². The Balaban J connectivity index is 2.08. The molecule has 10 heavy (non-hydrogen) atoms. The number of aliphatic imine (C=N–C) groups is 1. The van der Waals surface area contributed by atoms with Gasteiger partial charge >= 0.3 is 0 Å². The minimum absolute atomic E-state index is 0.759. The van der Waals surface area contributed by atoms with Crippen LogP contribution in [0.1, 0.15) is 12.8 Å². The summed E-state index contributed by atoms with van der Waals surface area (Å²) in [6.07, 6.45) is 12.4. The highest BCUT2D eigenvalue weighted by molar-refractivity contribution is 5.71. The number of rotatable bonds is 1. The second-order valence-corrected chi connectivity index (χ2v) is 2.62. The molecule has 0 bridgehead atoms. The zero-order chi connectivity index (χ0) is 6.81. The van der Waals surface area contributed by atoms with Crippen LogP contribution in [0.25, 0.3) is 0 Å². The summed E-state index contributed by atoms with van der Waals surface area (Å²) < 4.78 is 0. The zero-order valence-corrected chi connectivity index (χ0v) is 5.77. The average molecular weight is 134 g/mol. The molecule has 52 valence electrons. The van der Waals surface area contributed by atoms with Crippen LogP contribution >= 0.6 is 0 Å². The maximum Gasteiger partial charge on any atom is 0.0430 e. The van der Waals surface area contributed by atoms with E-state index in [0.29, 0.717) is 0 Å². The van der Waals surface area contributed by atoms with Crippen molar-refractivity contribution in [3.8, 4) is 0 Å². The van der Waals surface area contributed by atoms with Gasteiger partial charge in [0.2, 0.25) is 0 Å². The van der Waals surface area contributed by atoms with Gasteiger partial charge in [-0.2, -0.15) is 0 Å². The van der Waals surface area contributed by atoms with Crippen LogP contribution in [0.3, 0.4) is 0 Å². The lowest BCUT2D eigenvalue weighted by molar-refractivity contribution is 0.497. The van der Waals surface area contributed by atoms with Gasteiger partial charge in [-0.05, 0) is 18.9 Å². The smallest absolute Gasteiger partial charge is 0.0430 e. The molecule has 0 saturated heterocycles. The molecule has 0 spiro atoms. The third-order valence-corrected chi connectivity index (χ3v) is 1.72. The van der Waals surface area contributed by atoms with Crippen molar-refractivity contribution in [2.24, 2.45) is 4.99 Å². The van der Waals surface area contributed by atoms with Crippen molar-refractivity contribution in [3.05, 3.63) is 24.7 Å². The fourth-order valence-corrected chi connectivity index (χ4v) is 1.02. The lowest BCUT2D eigenvalue weighted by Gasteiger charge is -2.11. The fourth-order valence-electron chi connectivity index (χ4n) is 1.02. The first-order valence-electron chi connectivity index (χ1n) is 3.61. The van der Waals surface area contributed by atoms with Gasteiger partial charge in [0.15, 0.2) is 0 Å². The molecule has 0 atom stereocenters. The van der Waals surface area contributed by atoms with Crippen molar-refractivity contribution in [1.29, 1.82) is 0 Å². The predicted octanol–water partition coefficient (Wildman–Crippen LogP) is 1.52. The normalized spacial score (nSPS) is 23.4. The Bertz CT molecular complexity index is 183. The van der Waals surface area contributed by atoms with Crippen molar-refractivity contribution in [2.45, 2.75) is 18.9 Å². The van der Waals surface area contributed by atoms with Crippen LogP contribution in [0.4, 0.5) is 0 Å². The van der Waals surface area contributed by atoms with Gasteiger partial charge in [0, 0.05) is 30.9 Å². The van der Waals surface area contributed by atoms with Gasteiger partial charge in [-0.3, -0.25) is 4.99 Å². The molecule has 1 fully saturated rings. The number of hydrogen-bond acceptors (Lipinski definition) is 2. The standard InChI is InChI=1S/C8H10N2/c1-4-9-5-7-10(6-1)8-2-3-8/h1,4-8H,2-3H2. The molecule has 2 aliphatic rings. The van der Waals surface area contributed by atoms with Crippen LogP contribution < -0.4 is 0 Å². The van der Waals surface area contributed by atoms with E-state index in [1.807, 2.05) is 18.5 Å². The third-order valence-electron chi connectivity index (χ3n) is 1.72. The summed E-state index contributed by atoms with van der Waals surface area (Å²) in [5.74, 6) is 0. The van der Waals surface area contributed by atoms with Crippen LogP contribution in [0.15, 0.2) is 29.7 Å². The van der Waals surface area contributed by atoms with E-state index in [0.717, 1.165) is 6.04 Å². The van der Waals surface area contributed by atoms with Gasteiger partial charge in [-0.15, -0.1) is 0 Å². The van der Waals surface area contributed by atoms with Crippen molar-refractivity contribution in [2.75, 3.05) is 0 Å². The summed E-state index contributed by atoms with van der Waals surface area (Å²) in [5, 5.41) is 0. The molecule has 2 rings (SSSR count). The molecule has 1 saturated carbocycles. The molecule has 1 aliphatic heterocycles. The van der Waals surface area contributed by atoms with Gasteiger partial charge in [0.1, 0.15) is 0 Å². The third kappa shape index (κ3) is 1.10. The van der Waals surface area contributed by atoms with Gasteiger partial charge in [-0.25, -0.2) is 0 Å². The second kappa shape index (κ2) is 2.29. The van der Waals surface area contributed by atoms with E-state index in [1.165, 1.54) is 12.8 Å². The molecular weight excluding hydrogens is 124 g/mol. The summed E-state index contributed by atoms with van der Waals surface area (Å²) in [7, 11) is 0. The lowest BCUT2D eigenvalue weighted by Crippen LogP contribution is -2.10. The lowest BCUT2D eigenvalue weighted by atomic mass is 10.5. The monoisotopic (exact) mass is 134 g/mol. The summed E-state index contributed by atoms with van der Waals surface area (Å²) >= 11 is 0. The van der Waals surface area contributed by atoms with Crippen LogP contribution in [0.2, 0.25) is 0 Å². The van der Waals surface area contributed by atoms with Crippen molar-refractivity contribution < 1.29 is 0 Å². The molecule has 0 amide bonds. The molecule has 0 aromatic heterocycles. The summed E-state index contributed by atoms with van der Waals surface area (Å²) in [4.78, 5) is 6.21. The largest absolute Gasteiger partial charge is 0.350 e. The van der Waals surface area contributed by atoms with E-state index in [4.69, 9.17) is 0 Å². The fraction of sp³-hybridized carbons (Fsp3) is 0.375. The predicted molar refractivity (Wildman–Crippen MR) is 41.6 cm³/mol. The first-order chi connectivity index (χ1) is 4.97. The van der Waals surface area contributed by atoms with E-state index in [-0.39, 0.29) is 0 Å². The molecular formula is C8H10N2. The van der Waals surface area contributed by atoms with Crippen molar-refractivity contribution >= 4 is 6.21 Å². The molecule has 2 nitrogen and oxygen atoms in total. The number of nitrogens with zero attached hydrogens (tertiary/aromatic N) is 2. The highest BCUT2D eigenvalue weighted by atomic mass is 15.2. The van der Waals surface area contributed by atoms with Gasteiger partial charge in [0.05, 0.1) is 0 Å². The van der Waals surface area contributed by atoms with Crippen molar-refractivity contribution in [1.82, 2.24) is 4.90 Å². The molecule has 0 aromatic carbocycles. The molecule has 1 aliphatic carbocycles. The Kier molecular flexibility index (Phi) is 1.31. The highest BCUT2D eigenvalue weighted by Crippen LogP contribution is 2.27. The molecule has 0 N–H and O–H groups in total. The minimum atomic E-state index is 0.759. The molecule has 0 aromatic rings.